The van der Waals surface area contributed by atoms with Crippen LogP contribution in [0.5, 0.6) is 5.75 Å². The number of carbonyl (C=O) groups is 1. The van der Waals surface area contributed by atoms with Crippen LogP contribution in [0.3, 0.4) is 0 Å². The minimum atomic E-state index is -4.10. The lowest BCUT2D eigenvalue weighted by molar-refractivity contribution is -0.256. The van der Waals surface area contributed by atoms with Gasteiger partial charge in [0.15, 0.2) is 0 Å². The molecule has 2 heterocycles. The van der Waals surface area contributed by atoms with Gasteiger partial charge >= 0.3 is 6.18 Å². The van der Waals surface area contributed by atoms with Crippen molar-refractivity contribution in [2.24, 2.45) is 11.3 Å². The third-order valence-electron chi connectivity index (χ3n) is 8.80. The van der Waals surface area contributed by atoms with Crippen LogP contribution < -0.4 is 4.74 Å². The predicted octanol–water partition coefficient (Wildman–Crippen LogP) is 5.77. The first kappa shape index (κ1) is 27.0. The van der Waals surface area contributed by atoms with E-state index in [1.54, 1.807) is 4.90 Å². The quantitative estimate of drug-likeness (QED) is 0.471. The molecule has 2 aromatic carbocycles. The van der Waals surface area contributed by atoms with Crippen LogP contribution in [0.25, 0.3) is 11.1 Å². The van der Waals surface area contributed by atoms with Crippen LogP contribution in [-0.4, -0.2) is 72.4 Å². The molecule has 0 bridgehead atoms. The molecular formula is C30H37F3N2O3. The van der Waals surface area contributed by atoms with Gasteiger partial charge in [-0.05, 0) is 92.9 Å². The molecule has 0 spiro atoms. The lowest BCUT2D eigenvalue weighted by Gasteiger charge is -2.47. The number of amides is 1. The summed E-state index contributed by atoms with van der Waals surface area (Å²) in [4.78, 5) is 16.6. The van der Waals surface area contributed by atoms with Crippen LogP contribution in [0.4, 0.5) is 13.2 Å². The predicted molar refractivity (Wildman–Crippen MR) is 140 cm³/mol. The summed E-state index contributed by atoms with van der Waals surface area (Å²) in [5.41, 5.74) is 1.17. The van der Waals surface area contributed by atoms with Crippen LogP contribution in [0.2, 0.25) is 0 Å². The molecule has 1 amide bonds. The summed E-state index contributed by atoms with van der Waals surface area (Å²) < 4.78 is 46.5. The minimum Gasteiger partial charge on any atom is -0.493 e. The zero-order chi connectivity index (χ0) is 26.8. The zero-order valence-corrected chi connectivity index (χ0v) is 21.8. The average Bonchev–Trinajstić information content (AvgIpc) is 3.38. The molecule has 3 aliphatic rings. The number of ether oxygens (including phenoxy) is 1. The van der Waals surface area contributed by atoms with Gasteiger partial charge in [0, 0.05) is 18.7 Å². The number of rotatable bonds is 8. The van der Waals surface area contributed by atoms with E-state index < -0.39 is 11.6 Å². The second kappa shape index (κ2) is 11.3. The van der Waals surface area contributed by atoms with E-state index in [4.69, 9.17) is 4.74 Å². The third kappa shape index (κ3) is 5.71. The monoisotopic (exact) mass is 530 g/mol. The number of piperidine rings is 1. The van der Waals surface area contributed by atoms with E-state index >= 15 is 0 Å². The molecule has 0 aromatic heterocycles. The van der Waals surface area contributed by atoms with E-state index in [1.165, 1.54) is 0 Å². The summed E-state index contributed by atoms with van der Waals surface area (Å²) in [6.07, 6.45) is 0.582. The molecule has 5 nitrogen and oxygen atoms in total. The van der Waals surface area contributed by atoms with Gasteiger partial charge in [0.05, 0.1) is 24.7 Å². The largest absolute Gasteiger partial charge is 0.493 e. The molecule has 0 radical (unpaired) electrons. The highest BCUT2D eigenvalue weighted by atomic mass is 19.4. The topological polar surface area (TPSA) is 53.0 Å². The van der Waals surface area contributed by atoms with E-state index in [0.717, 1.165) is 42.6 Å². The number of likely N-dealkylation sites (tertiary alicyclic amines) is 2. The van der Waals surface area contributed by atoms with Crippen molar-refractivity contribution < 1.29 is 27.8 Å². The van der Waals surface area contributed by atoms with Gasteiger partial charge in [-0.1, -0.05) is 30.7 Å². The number of halogens is 3. The number of hydrogen-bond donors (Lipinski definition) is 1. The van der Waals surface area contributed by atoms with Gasteiger partial charge in [-0.3, -0.25) is 4.79 Å². The summed E-state index contributed by atoms with van der Waals surface area (Å²) >= 11 is 0. The molecule has 1 atom stereocenters. The van der Waals surface area contributed by atoms with Gasteiger partial charge in [0.1, 0.15) is 5.75 Å². The Bertz CT molecular complexity index is 1080. The maximum Gasteiger partial charge on any atom is 0.395 e. The fourth-order valence-electron chi connectivity index (χ4n) is 6.10. The fraction of sp³-hybridized carbons (Fsp3) is 0.567. The summed E-state index contributed by atoms with van der Waals surface area (Å²) in [7, 11) is 0. The summed E-state index contributed by atoms with van der Waals surface area (Å²) in [6, 6.07) is 15.3. The first-order valence-electron chi connectivity index (χ1n) is 13.8. The second-order valence-corrected chi connectivity index (χ2v) is 11.2. The van der Waals surface area contributed by atoms with Gasteiger partial charge in [0.25, 0.3) is 5.91 Å². The van der Waals surface area contributed by atoms with Crippen molar-refractivity contribution in [1.82, 2.24) is 9.80 Å². The molecule has 8 heteroatoms. The molecule has 1 aliphatic carbocycles. The molecule has 1 N–H and O–H groups in total. The summed E-state index contributed by atoms with van der Waals surface area (Å²) in [6.45, 7) is 2.79. The SMILES string of the molecule is O=C(c1ccc(-c2ccc(OCC3CCN(CC4(C(F)(F)F)CCC4)CC3)cc2)cc1)N1CCCC1CO. The molecule has 38 heavy (non-hydrogen) atoms. The Hall–Kier alpha value is -2.58. The minimum absolute atomic E-state index is 0.0000240. The third-order valence-corrected chi connectivity index (χ3v) is 8.80. The Balaban J connectivity index is 1.09. The molecule has 5 rings (SSSR count). The van der Waals surface area contributed by atoms with Crippen molar-refractivity contribution in [3.05, 3.63) is 54.1 Å². The number of nitrogens with zero attached hydrogens (tertiary/aromatic N) is 2. The van der Waals surface area contributed by atoms with E-state index in [0.29, 0.717) is 44.1 Å². The van der Waals surface area contributed by atoms with Crippen molar-refractivity contribution in [2.45, 2.75) is 57.2 Å². The van der Waals surface area contributed by atoms with Gasteiger partial charge in [-0.2, -0.15) is 13.2 Å². The van der Waals surface area contributed by atoms with E-state index in [1.807, 2.05) is 53.4 Å². The van der Waals surface area contributed by atoms with Crippen LogP contribution >= 0.6 is 0 Å². The lowest BCUT2D eigenvalue weighted by atomic mass is 9.67. The number of hydrogen-bond acceptors (Lipinski definition) is 4. The Morgan fingerprint density at radius 3 is 2.11 bits per heavy atom. The fourth-order valence-corrected chi connectivity index (χ4v) is 6.10. The van der Waals surface area contributed by atoms with E-state index in [9.17, 15) is 23.1 Å². The van der Waals surface area contributed by atoms with Crippen molar-refractivity contribution in [3.8, 4) is 16.9 Å². The molecule has 1 saturated carbocycles. The Morgan fingerprint density at radius 2 is 1.55 bits per heavy atom. The molecular weight excluding hydrogens is 493 g/mol. The van der Waals surface area contributed by atoms with Crippen LogP contribution in [-0.2, 0) is 0 Å². The van der Waals surface area contributed by atoms with Gasteiger partial charge in [-0.25, -0.2) is 0 Å². The number of benzene rings is 2. The Kier molecular flexibility index (Phi) is 8.00. The van der Waals surface area contributed by atoms with Crippen LogP contribution in [0.15, 0.2) is 48.5 Å². The van der Waals surface area contributed by atoms with Crippen LogP contribution in [0, 0.1) is 11.3 Å². The highest BCUT2D eigenvalue weighted by Gasteiger charge is 2.58. The van der Waals surface area contributed by atoms with Gasteiger partial charge in [-0.15, -0.1) is 0 Å². The van der Waals surface area contributed by atoms with Crippen molar-refractivity contribution in [3.63, 3.8) is 0 Å². The summed E-state index contributed by atoms with van der Waals surface area (Å²) in [5.74, 6) is 1.09. The second-order valence-electron chi connectivity index (χ2n) is 11.2. The normalized spacial score (nSPS) is 22.3. The lowest BCUT2D eigenvalue weighted by Crippen LogP contribution is -2.53. The maximum absolute atomic E-state index is 13.5. The van der Waals surface area contributed by atoms with Crippen molar-refractivity contribution >= 4 is 5.91 Å². The number of carbonyl (C=O) groups excluding carboxylic acids is 1. The standard InChI is InChI=1S/C30H37F3N2O3/c31-30(32,33)29(14-2-15-29)21-34-17-12-22(13-18-34)20-38-27-10-8-24(9-11-27)23-4-6-25(7-5-23)28(37)35-16-1-3-26(35)19-36/h4-11,22,26,36H,1-3,12-21H2. The first-order valence-corrected chi connectivity index (χ1v) is 13.8. The van der Waals surface area contributed by atoms with Crippen molar-refractivity contribution in [2.75, 3.05) is 39.4 Å². The molecule has 3 fully saturated rings. The highest BCUT2D eigenvalue weighted by molar-refractivity contribution is 5.95. The first-order chi connectivity index (χ1) is 18.3. The maximum atomic E-state index is 13.5. The Labute approximate surface area is 222 Å². The molecule has 206 valence electrons. The Morgan fingerprint density at radius 1 is 0.921 bits per heavy atom. The smallest absolute Gasteiger partial charge is 0.395 e. The van der Waals surface area contributed by atoms with Gasteiger partial charge < -0.3 is 19.6 Å². The number of aliphatic hydroxyl groups excluding tert-OH is 1. The number of alkyl halides is 3. The average molecular weight is 531 g/mol. The zero-order valence-electron chi connectivity index (χ0n) is 21.8. The van der Waals surface area contributed by atoms with Crippen molar-refractivity contribution in [1.29, 1.82) is 0 Å². The van der Waals surface area contributed by atoms with Crippen LogP contribution in [0.1, 0.15) is 55.3 Å². The summed E-state index contributed by atoms with van der Waals surface area (Å²) in [5, 5.41) is 9.50. The molecule has 2 aromatic rings. The highest BCUT2D eigenvalue weighted by Crippen LogP contribution is 2.53. The molecule has 2 saturated heterocycles. The van der Waals surface area contributed by atoms with E-state index in [-0.39, 0.29) is 37.9 Å². The molecule has 2 aliphatic heterocycles. The van der Waals surface area contributed by atoms with E-state index in [2.05, 4.69) is 0 Å². The van der Waals surface area contributed by atoms with Gasteiger partial charge in [0.2, 0.25) is 0 Å². The number of aliphatic hydroxyl groups is 1. The molecule has 1 unspecified atom stereocenters.